The molecule has 2 aromatic carbocycles. The number of nitrogens with one attached hydrogen (secondary N) is 1. The first-order valence-corrected chi connectivity index (χ1v) is 10.5. The van der Waals surface area contributed by atoms with Crippen LogP contribution in [0, 0.1) is 17.0 Å². The molecule has 0 spiro atoms. The monoisotopic (exact) mass is 436 g/mol. The van der Waals surface area contributed by atoms with Gasteiger partial charge in [0.15, 0.2) is 5.03 Å². The quantitative estimate of drug-likeness (QED) is 0.350. The Bertz CT molecular complexity index is 1160. The summed E-state index contributed by atoms with van der Waals surface area (Å²) in [7, 11) is -3.86. The lowest BCUT2D eigenvalue weighted by Gasteiger charge is -2.02. The summed E-state index contributed by atoms with van der Waals surface area (Å²) in [5, 5.41) is 14.6. The van der Waals surface area contributed by atoms with Crippen molar-refractivity contribution in [2.24, 2.45) is 5.10 Å². The number of non-ortho nitro benzene ring substituents is 1. The molecule has 0 aliphatic rings. The highest BCUT2D eigenvalue weighted by molar-refractivity contribution is 7.91. The van der Waals surface area contributed by atoms with Crippen LogP contribution in [-0.4, -0.2) is 24.5 Å². The maximum atomic E-state index is 12.7. The number of hydrazone groups is 1. The standard InChI is InChI=1S/C17H13ClN4O4S2/c1-11-5-7-14(8-6-11)28(25,26)16-15(18)27-17(20-16)21-19-10-12-3-2-4-13(9-12)22(23)24/h2-10H,1H3,(H,20,21)/b19-10-. The van der Waals surface area contributed by atoms with Gasteiger partial charge in [-0.15, -0.1) is 0 Å². The van der Waals surface area contributed by atoms with Gasteiger partial charge < -0.3 is 0 Å². The number of sulfone groups is 1. The molecule has 0 unspecified atom stereocenters. The van der Waals surface area contributed by atoms with Crippen molar-refractivity contribution in [3.8, 4) is 0 Å². The van der Waals surface area contributed by atoms with Gasteiger partial charge in [-0.3, -0.25) is 15.5 Å². The SMILES string of the molecule is Cc1ccc(S(=O)(=O)c2nc(N/N=C\c3cccc([N+](=O)[O-])c3)sc2Cl)cc1. The number of hydrogen-bond donors (Lipinski definition) is 1. The second-order valence-corrected chi connectivity index (χ2v) is 9.10. The Labute approximate surface area is 169 Å². The van der Waals surface area contributed by atoms with Gasteiger partial charge in [0.05, 0.1) is 16.0 Å². The molecule has 0 bridgehead atoms. The van der Waals surface area contributed by atoms with Gasteiger partial charge in [-0.2, -0.15) is 5.10 Å². The van der Waals surface area contributed by atoms with E-state index in [1.165, 1.54) is 36.5 Å². The van der Waals surface area contributed by atoms with Crippen molar-refractivity contribution < 1.29 is 13.3 Å². The average molecular weight is 437 g/mol. The number of benzene rings is 2. The summed E-state index contributed by atoms with van der Waals surface area (Å²) in [5.41, 5.74) is 3.96. The number of anilines is 1. The van der Waals surface area contributed by atoms with Crippen molar-refractivity contribution in [2.75, 3.05) is 5.43 Å². The van der Waals surface area contributed by atoms with E-state index in [4.69, 9.17) is 11.6 Å². The highest BCUT2D eigenvalue weighted by atomic mass is 35.5. The maximum absolute atomic E-state index is 12.7. The molecular weight excluding hydrogens is 424 g/mol. The first kappa shape index (κ1) is 19.9. The second kappa shape index (κ2) is 8.05. The summed E-state index contributed by atoms with van der Waals surface area (Å²) in [6.45, 7) is 1.85. The lowest BCUT2D eigenvalue weighted by Crippen LogP contribution is -2.03. The van der Waals surface area contributed by atoms with Crippen LogP contribution in [-0.2, 0) is 9.84 Å². The summed E-state index contributed by atoms with van der Waals surface area (Å²) in [4.78, 5) is 14.4. The minimum absolute atomic E-state index is 0.00799. The number of aromatic nitrogens is 1. The Balaban J connectivity index is 1.80. The van der Waals surface area contributed by atoms with Crippen LogP contribution in [0.2, 0.25) is 4.34 Å². The van der Waals surface area contributed by atoms with Gasteiger partial charge in [0.2, 0.25) is 15.0 Å². The number of halogens is 1. The lowest BCUT2D eigenvalue weighted by atomic mass is 10.2. The third kappa shape index (κ3) is 4.35. The van der Waals surface area contributed by atoms with E-state index in [0.717, 1.165) is 16.9 Å². The van der Waals surface area contributed by atoms with E-state index in [9.17, 15) is 18.5 Å². The third-order valence-electron chi connectivity index (χ3n) is 3.60. The van der Waals surface area contributed by atoms with Crippen molar-refractivity contribution in [1.29, 1.82) is 0 Å². The molecular formula is C17H13ClN4O4S2. The topological polar surface area (TPSA) is 115 Å². The summed E-state index contributed by atoms with van der Waals surface area (Å²) < 4.78 is 25.4. The van der Waals surface area contributed by atoms with E-state index in [1.54, 1.807) is 18.2 Å². The second-order valence-electron chi connectivity index (χ2n) is 5.64. The first-order chi connectivity index (χ1) is 13.3. The van der Waals surface area contributed by atoms with E-state index >= 15 is 0 Å². The van der Waals surface area contributed by atoms with Crippen LogP contribution in [0.4, 0.5) is 10.8 Å². The van der Waals surface area contributed by atoms with E-state index in [0.29, 0.717) is 5.56 Å². The van der Waals surface area contributed by atoms with Gasteiger partial charge >= 0.3 is 0 Å². The molecule has 0 aliphatic heterocycles. The Morgan fingerprint density at radius 1 is 1.25 bits per heavy atom. The van der Waals surface area contributed by atoms with Gasteiger partial charge in [0.25, 0.3) is 5.69 Å². The zero-order valence-corrected chi connectivity index (χ0v) is 16.8. The number of aryl methyl sites for hydroxylation is 1. The molecule has 0 saturated carbocycles. The highest BCUT2D eigenvalue weighted by Crippen LogP contribution is 2.34. The van der Waals surface area contributed by atoms with Crippen molar-refractivity contribution in [1.82, 2.24) is 4.98 Å². The van der Waals surface area contributed by atoms with E-state index < -0.39 is 14.8 Å². The van der Waals surface area contributed by atoms with Crippen molar-refractivity contribution in [3.05, 3.63) is 74.1 Å². The number of thiazole rings is 1. The summed E-state index contributed by atoms with van der Waals surface area (Å²) >= 11 is 7.00. The molecule has 0 fully saturated rings. The fourth-order valence-corrected chi connectivity index (χ4v) is 4.97. The Hall–Kier alpha value is -2.82. The van der Waals surface area contributed by atoms with Crippen molar-refractivity contribution >= 4 is 49.8 Å². The molecule has 0 radical (unpaired) electrons. The molecule has 144 valence electrons. The van der Waals surface area contributed by atoms with Gasteiger partial charge in [-0.25, -0.2) is 13.4 Å². The smallest absolute Gasteiger partial charge is 0.258 e. The zero-order valence-electron chi connectivity index (χ0n) is 14.4. The van der Waals surface area contributed by atoms with Crippen LogP contribution < -0.4 is 5.43 Å². The van der Waals surface area contributed by atoms with Crippen LogP contribution in [0.25, 0.3) is 0 Å². The zero-order chi connectivity index (χ0) is 20.3. The van der Waals surface area contributed by atoms with Crippen LogP contribution in [0.15, 0.2) is 63.6 Å². The molecule has 0 aliphatic carbocycles. The molecule has 1 aromatic heterocycles. The molecule has 1 heterocycles. The summed E-state index contributed by atoms with van der Waals surface area (Å²) in [6, 6.07) is 12.3. The van der Waals surface area contributed by atoms with E-state index in [2.05, 4.69) is 15.5 Å². The fourth-order valence-electron chi connectivity index (χ4n) is 2.21. The Morgan fingerprint density at radius 2 is 1.96 bits per heavy atom. The van der Waals surface area contributed by atoms with Gasteiger partial charge in [-0.1, -0.05) is 52.8 Å². The van der Waals surface area contributed by atoms with Gasteiger partial charge in [0, 0.05) is 17.7 Å². The maximum Gasteiger partial charge on any atom is 0.270 e. The molecule has 1 N–H and O–H groups in total. The number of rotatable bonds is 6. The van der Waals surface area contributed by atoms with Crippen molar-refractivity contribution in [3.63, 3.8) is 0 Å². The van der Waals surface area contributed by atoms with Gasteiger partial charge in [0.1, 0.15) is 4.34 Å². The van der Waals surface area contributed by atoms with E-state index in [-0.39, 0.29) is 25.1 Å². The predicted molar refractivity (Wildman–Crippen MR) is 108 cm³/mol. The van der Waals surface area contributed by atoms with Crippen molar-refractivity contribution in [2.45, 2.75) is 16.8 Å². The number of nitro groups is 1. The molecule has 3 rings (SSSR count). The molecule has 0 atom stereocenters. The largest absolute Gasteiger partial charge is 0.270 e. The number of hydrogen-bond acceptors (Lipinski definition) is 8. The summed E-state index contributed by atoms with van der Waals surface area (Å²) in [5.74, 6) is 0. The highest BCUT2D eigenvalue weighted by Gasteiger charge is 2.25. The third-order valence-corrected chi connectivity index (χ3v) is 6.70. The number of nitro benzene ring substituents is 1. The summed E-state index contributed by atoms with van der Waals surface area (Å²) in [6.07, 6.45) is 1.36. The Kier molecular flexibility index (Phi) is 5.73. The van der Waals surface area contributed by atoms with Gasteiger partial charge in [-0.05, 0) is 19.1 Å². The van der Waals surface area contributed by atoms with Crippen LogP contribution in [0.1, 0.15) is 11.1 Å². The van der Waals surface area contributed by atoms with Crippen LogP contribution in [0.5, 0.6) is 0 Å². The molecule has 28 heavy (non-hydrogen) atoms. The Morgan fingerprint density at radius 3 is 2.64 bits per heavy atom. The minimum atomic E-state index is -3.86. The normalized spacial score (nSPS) is 11.6. The molecule has 0 saturated heterocycles. The fraction of sp³-hybridized carbons (Fsp3) is 0.0588. The molecule has 8 nitrogen and oxygen atoms in total. The predicted octanol–water partition coefficient (Wildman–Crippen LogP) is 4.29. The first-order valence-electron chi connectivity index (χ1n) is 7.79. The van der Waals surface area contributed by atoms with Crippen LogP contribution in [0.3, 0.4) is 0 Å². The molecule has 0 amide bonds. The van der Waals surface area contributed by atoms with Crippen LogP contribution >= 0.6 is 22.9 Å². The minimum Gasteiger partial charge on any atom is -0.258 e. The number of nitrogens with zero attached hydrogens (tertiary/aromatic N) is 3. The molecule has 11 heteroatoms. The molecule has 3 aromatic rings. The lowest BCUT2D eigenvalue weighted by molar-refractivity contribution is -0.384. The van der Waals surface area contributed by atoms with E-state index in [1.807, 2.05) is 6.92 Å². The average Bonchev–Trinajstić information content (AvgIpc) is 3.04.